The maximum Gasteiger partial charge on any atom is 0.255 e. The lowest BCUT2D eigenvalue weighted by Crippen LogP contribution is -2.11. The predicted octanol–water partition coefficient (Wildman–Crippen LogP) is 5.06. The molecule has 28 heavy (non-hydrogen) atoms. The van der Waals surface area contributed by atoms with Crippen molar-refractivity contribution >= 4 is 45.5 Å². The highest BCUT2D eigenvalue weighted by atomic mass is 32.1. The van der Waals surface area contributed by atoms with Gasteiger partial charge in [0, 0.05) is 16.8 Å². The molecule has 0 saturated heterocycles. The van der Waals surface area contributed by atoms with Crippen molar-refractivity contribution in [3.8, 4) is 11.5 Å². The summed E-state index contributed by atoms with van der Waals surface area (Å²) in [6.45, 7) is 2.04. The Labute approximate surface area is 164 Å². The zero-order valence-corrected chi connectivity index (χ0v) is 15.7. The highest BCUT2D eigenvalue weighted by molar-refractivity contribution is 7.00. The first-order chi connectivity index (χ1) is 13.7. The molecular weight excluding hydrogens is 372 g/mol. The van der Waals surface area contributed by atoms with E-state index < -0.39 is 0 Å². The second-order valence-electron chi connectivity index (χ2n) is 6.49. The molecule has 0 aliphatic carbocycles. The standard InChI is InChI=1S/C21H14N4O2S/c1-12-2-4-13(5-3-12)21-23-18-11-15(7-9-19(18)27-21)22-20(26)14-6-8-16-17(10-14)25-28-24-16/h2-11H,1H3,(H,22,26). The molecule has 136 valence electrons. The smallest absolute Gasteiger partial charge is 0.255 e. The largest absolute Gasteiger partial charge is 0.436 e. The minimum absolute atomic E-state index is 0.212. The molecule has 6 nitrogen and oxygen atoms in total. The monoisotopic (exact) mass is 386 g/mol. The number of oxazole rings is 1. The van der Waals surface area contributed by atoms with Crippen LogP contribution in [0.4, 0.5) is 5.69 Å². The molecule has 1 N–H and O–H groups in total. The molecule has 0 spiro atoms. The first-order valence-corrected chi connectivity index (χ1v) is 9.40. The molecule has 0 unspecified atom stereocenters. The number of aryl methyl sites for hydroxylation is 1. The van der Waals surface area contributed by atoms with E-state index in [-0.39, 0.29) is 5.91 Å². The van der Waals surface area contributed by atoms with Crippen LogP contribution in [0.1, 0.15) is 15.9 Å². The SMILES string of the molecule is Cc1ccc(-c2nc3cc(NC(=O)c4ccc5nsnc5c4)ccc3o2)cc1. The van der Waals surface area contributed by atoms with Crippen LogP contribution >= 0.6 is 11.7 Å². The number of hydrogen-bond acceptors (Lipinski definition) is 6. The average Bonchev–Trinajstić information content (AvgIpc) is 3.34. The fourth-order valence-electron chi connectivity index (χ4n) is 2.95. The van der Waals surface area contributed by atoms with Gasteiger partial charge >= 0.3 is 0 Å². The van der Waals surface area contributed by atoms with Gasteiger partial charge in [-0.05, 0) is 55.5 Å². The Morgan fingerprint density at radius 3 is 2.61 bits per heavy atom. The minimum Gasteiger partial charge on any atom is -0.436 e. The van der Waals surface area contributed by atoms with Crippen LogP contribution in [-0.4, -0.2) is 19.6 Å². The van der Waals surface area contributed by atoms with Crippen LogP contribution in [0.3, 0.4) is 0 Å². The fourth-order valence-corrected chi connectivity index (χ4v) is 3.47. The Morgan fingerprint density at radius 2 is 1.75 bits per heavy atom. The van der Waals surface area contributed by atoms with Gasteiger partial charge in [-0.3, -0.25) is 4.79 Å². The number of nitrogens with zero attached hydrogens (tertiary/aromatic N) is 3. The van der Waals surface area contributed by atoms with Gasteiger partial charge in [-0.25, -0.2) is 4.98 Å². The van der Waals surface area contributed by atoms with E-state index in [0.29, 0.717) is 33.8 Å². The van der Waals surface area contributed by atoms with Gasteiger partial charge in [-0.1, -0.05) is 17.7 Å². The molecule has 3 aromatic carbocycles. The summed E-state index contributed by atoms with van der Waals surface area (Å²) in [6, 6.07) is 18.7. The number of hydrogen-bond donors (Lipinski definition) is 1. The van der Waals surface area contributed by atoms with E-state index in [4.69, 9.17) is 4.42 Å². The molecule has 0 atom stereocenters. The van der Waals surface area contributed by atoms with Crippen LogP contribution in [0, 0.1) is 6.92 Å². The molecule has 0 fully saturated rings. The third kappa shape index (κ3) is 3.01. The van der Waals surface area contributed by atoms with E-state index in [9.17, 15) is 4.79 Å². The van der Waals surface area contributed by atoms with Crippen molar-refractivity contribution in [3.63, 3.8) is 0 Å². The lowest BCUT2D eigenvalue weighted by molar-refractivity contribution is 0.102. The van der Waals surface area contributed by atoms with Crippen LogP contribution in [0.2, 0.25) is 0 Å². The first kappa shape index (κ1) is 16.6. The van der Waals surface area contributed by atoms with Gasteiger partial charge in [0.15, 0.2) is 5.58 Å². The van der Waals surface area contributed by atoms with Crippen LogP contribution in [0.5, 0.6) is 0 Å². The molecule has 0 radical (unpaired) electrons. The van der Waals surface area contributed by atoms with E-state index in [1.807, 2.05) is 37.3 Å². The minimum atomic E-state index is -0.212. The van der Waals surface area contributed by atoms with Crippen LogP contribution < -0.4 is 5.32 Å². The van der Waals surface area contributed by atoms with Gasteiger partial charge in [-0.15, -0.1) is 0 Å². The Morgan fingerprint density at radius 1 is 0.929 bits per heavy atom. The van der Waals surface area contributed by atoms with E-state index in [1.165, 1.54) is 5.56 Å². The van der Waals surface area contributed by atoms with Crippen molar-refractivity contribution in [3.05, 3.63) is 71.8 Å². The number of carbonyl (C=O) groups is 1. The second kappa shape index (κ2) is 6.54. The topological polar surface area (TPSA) is 80.9 Å². The first-order valence-electron chi connectivity index (χ1n) is 8.67. The normalized spacial score (nSPS) is 11.2. The van der Waals surface area contributed by atoms with Gasteiger partial charge < -0.3 is 9.73 Å². The van der Waals surface area contributed by atoms with E-state index in [2.05, 4.69) is 19.0 Å². The maximum atomic E-state index is 12.6. The number of carbonyl (C=O) groups excluding carboxylic acids is 1. The summed E-state index contributed by atoms with van der Waals surface area (Å²) in [6.07, 6.45) is 0. The van der Waals surface area contributed by atoms with Gasteiger partial charge in [0.2, 0.25) is 5.89 Å². The van der Waals surface area contributed by atoms with Crippen molar-refractivity contribution < 1.29 is 9.21 Å². The third-order valence-electron chi connectivity index (χ3n) is 4.46. The number of benzene rings is 3. The number of amides is 1. The number of aromatic nitrogens is 3. The summed E-state index contributed by atoms with van der Waals surface area (Å²) >= 11 is 1.13. The zero-order chi connectivity index (χ0) is 19.1. The Hall–Kier alpha value is -3.58. The number of fused-ring (bicyclic) bond motifs is 2. The quantitative estimate of drug-likeness (QED) is 0.469. The summed E-state index contributed by atoms with van der Waals surface area (Å²) in [7, 11) is 0. The molecule has 0 aliphatic rings. The number of nitrogens with one attached hydrogen (secondary N) is 1. The van der Waals surface area contributed by atoms with Gasteiger partial charge in [0.05, 0.1) is 11.7 Å². The third-order valence-corrected chi connectivity index (χ3v) is 5.02. The molecule has 0 bridgehead atoms. The van der Waals surface area contributed by atoms with Crippen molar-refractivity contribution in [2.45, 2.75) is 6.92 Å². The van der Waals surface area contributed by atoms with Gasteiger partial charge in [0.1, 0.15) is 16.6 Å². The molecule has 5 rings (SSSR count). The Bertz CT molecular complexity index is 1320. The summed E-state index contributed by atoms with van der Waals surface area (Å²) in [5.41, 5.74) is 6.13. The molecule has 2 heterocycles. The molecule has 2 aromatic heterocycles. The molecule has 1 amide bonds. The van der Waals surface area contributed by atoms with Crippen LogP contribution in [-0.2, 0) is 0 Å². The summed E-state index contributed by atoms with van der Waals surface area (Å²) in [4.78, 5) is 17.1. The molecular formula is C21H14N4O2S. The number of rotatable bonds is 3. The lowest BCUT2D eigenvalue weighted by Gasteiger charge is -2.04. The Kier molecular flexibility index (Phi) is 3.87. The summed E-state index contributed by atoms with van der Waals surface area (Å²) < 4.78 is 14.2. The molecule has 7 heteroatoms. The average molecular weight is 386 g/mol. The highest BCUT2D eigenvalue weighted by Crippen LogP contribution is 2.26. The molecule has 0 aliphatic heterocycles. The van der Waals surface area contributed by atoms with Crippen molar-refractivity contribution in [1.29, 1.82) is 0 Å². The fraction of sp³-hybridized carbons (Fsp3) is 0.0476. The molecule has 0 saturated carbocycles. The van der Waals surface area contributed by atoms with Crippen LogP contribution in [0.25, 0.3) is 33.6 Å². The van der Waals surface area contributed by atoms with Crippen molar-refractivity contribution in [2.75, 3.05) is 5.32 Å². The second-order valence-corrected chi connectivity index (χ2v) is 7.02. The number of anilines is 1. The highest BCUT2D eigenvalue weighted by Gasteiger charge is 2.12. The lowest BCUT2D eigenvalue weighted by atomic mass is 10.1. The van der Waals surface area contributed by atoms with Crippen molar-refractivity contribution in [1.82, 2.24) is 13.7 Å². The van der Waals surface area contributed by atoms with E-state index in [1.54, 1.807) is 30.3 Å². The van der Waals surface area contributed by atoms with Crippen molar-refractivity contribution in [2.24, 2.45) is 0 Å². The van der Waals surface area contributed by atoms with Gasteiger partial charge in [0.25, 0.3) is 5.91 Å². The maximum absolute atomic E-state index is 12.6. The molecule has 5 aromatic rings. The summed E-state index contributed by atoms with van der Waals surface area (Å²) in [5, 5.41) is 2.90. The summed E-state index contributed by atoms with van der Waals surface area (Å²) in [5.74, 6) is 0.344. The zero-order valence-electron chi connectivity index (χ0n) is 14.8. The van der Waals surface area contributed by atoms with E-state index >= 15 is 0 Å². The van der Waals surface area contributed by atoms with Gasteiger partial charge in [-0.2, -0.15) is 8.75 Å². The Balaban J connectivity index is 1.42. The predicted molar refractivity (Wildman–Crippen MR) is 110 cm³/mol. The van der Waals surface area contributed by atoms with E-state index in [0.717, 1.165) is 22.8 Å². The van der Waals surface area contributed by atoms with Crippen LogP contribution in [0.15, 0.2) is 65.1 Å².